The van der Waals surface area contributed by atoms with Crippen molar-refractivity contribution in [3.63, 3.8) is 0 Å². The topological polar surface area (TPSA) is 44.6 Å². The Bertz CT molecular complexity index is 949. The number of rotatable bonds is 0. The molecule has 0 unspecified atom stereocenters. The summed E-state index contributed by atoms with van der Waals surface area (Å²) in [6.45, 7) is 46.4. The van der Waals surface area contributed by atoms with Crippen LogP contribution >= 0.6 is 14.1 Å². The van der Waals surface area contributed by atoms with E-state index in [0.29, 0.717) is 0 Å². The summed E-state index contributed by atoms with van der Waals surface area (Å²) in [4.78, 5) is 0. The molecule has 2 aromatic rings. The van der Waals surface area contributed by atoms with Gasteiger partial charge in [0.25, 0.3) is 0 Å². The van der Waals surface area contributed by atoms with Gasteiger partial charge in [0.15, 0.2) is 0 Å². The van der Waals surface area contributed by atoms with Crippen molar-refractivity contribution < 1.29 is 25.8 Å². The molecule has 0 radical (unpaired) electrons. The van der Waals surface area contributed by atoms with E-state index in [1.54, 1.807) is 0 Å². The van der Waals surface area contributed by atoms with Crippen LogP contribution in [0.15, 0.2) is 60.7 Å². The van der Waals surface area contributed by atoms with Crippen molar-refractivity contribution in [3.05, 3.63) is 96.0 Å². The summed E-state index contributed by atoms with van der Waals surface area (Å²) in [7, 11) is -4.04. The quantitative estimate of drug-likeness (QED) is 0.145. The van der Waals surface area contributed by atoms with E-state index in [2.05, 4.69) is 138 Å². The zero-order valence-corrected chi connectivity index (χ0v) is 36.9. The van der Waals surface area contributed by atoms with E-state index in [9.17, 15) is 10.3 Å². The zero-order valence-electron chi connectivity index (χ0n) is 31.5. The molecule has 0 aliphatic carbocycles. The van der Waals surface area contributed by atoms with E-state index in [1.165, 1.54) is 0 Å². The third kappa shape index (κ3) is 13.4. The number of hydrogen-bond acceptors (Lipinski definition) is 0. The summed E-state index contributed by atoms with van der Waals surface area (Å²) < 4.78 is 0. The first-order valence-electron chi connectivity index (χ1n) is 15.3. The van der Waals surface area contributed by atoms with Crippen LogP contribution in [-0.4, -0.2) is 30.9 Å². The number of nitrogens with zero attached hydrogens (tertiary/aromatic N) is 2. The number of hydrogen-bond donors (Lipinski definition) is 0. The van der Waals surface area contributed by atoms with Crippen LogP contribution in [-0.2, 0) is 25.8 Å². The van der Waals surface area contributed by atoms with E-state index >= 15 is 0 Å². The average molecular weight is 793 g/mol. The molecule has 0 aliphatic heterocycles. The van der Waals surface area contributed by atoms with E-state index in [1.807, 2.05) is 60.7 Å². The minimum absolute atomic E-state index is 0. The molecule has 0 spiro atoms. The second kappa shape index (κ2) is 16.9. The summed E-state index contributed by atoms with van der Waals surface area (Å²) >= 11 is 0. The molecule has 0 fully saturated rings. The van der Waals surface area contributed by atoms with Gasteiger partial charge in [-0.1, -0.05) is 137 Å². The van der Waals surface area contributed by atoms with Crippen molar-refractivity contribution in [3.8, 4) is 0 Å². The third-order valence-corrected chi connectivity index (χ3v) is 19.2. The predicted octanol–water partition coefficient (Wildman–Crippen LogP) is 14.0. The molecule has 0 aliphatic rings. The first-order chi connectivity index (χ1) is 18.3. The molecule has 2 rings (SSSR count). The minimum Gasteiger partial charge on any atom is -0.807 e. The summed E-state index contributed by atoms with van der Waals surface area (Å²) in [5.41, 5.74) is 2.14. The van der Waals surface area contributed by atoms with Gasteiger partial charge in [0.1, 0.15) is 0 Å². The molecule has 0 atom stereocenters. The van der Waals surface area contributed by atoms with E-state index in [4.69, 9.17) is 0 Å². The molecule has 2 nitrogen and oxygen atoms in total. The van der Waals surface area contributed by atoms with Crippen molar-refractivity contribution in [2.24, 2.45) is 0 Å². The van der Waals surface area contributed by atoms with Gasteiger partial charge < -0.3 is 10.3 Å². The molecule has 2 aromatic carbocycles. The van der Waals surface area contributed by atoms with Crippen molar-refractivity contribution in [2.75, 3.05) is 0 Å². The average Bonchev–Trinajstić information content (AvgIpc) is 2.76. The predicted molar refractivity (Wildman–Crippen MR) is 201 cm³/mol. The second-order valence-corrected chi connectivity index (χ2v) is 27.9. The Morgan fingerprint density at radius 2 is 0.512 bits per heavy atom. The van der Waals surface area contributed by atoms with E-state index in [-0.39, 0.29) is 56.8 Å². The Labute approximate surface area is 289 Å². The smallest absolute Gasteiger partial charge is 0.807 e. The molecular formula is C38H68HfN2P2. The molecule has 43 heavy (non-hydrogen) atoms. The van der Waals surface area contributed by atoms with Gasteiger partial charge in [0, 0.05) is 0 Å². The Balaban J connectivity index is -0.000000514. The fraction of sp³-hybridized carbons (Fsp3) is 0.632. The summed E-state index contributed by atoms with van der Waals surface area (Å²) in [6, 6.07) is 19.7. The van der Waals surface area contributed by atoms with Crippen LogP contribution in [0.2, 0.25) is 0 Å². The molecule has 5 heteroatoms. The van der Waals surface area contributed by atoms with Gasteiger partial charge in [0.2, 0.25) is 0 Å². The fourth-order valence-electron chi connectivity index (χ4n) is 6.99. The number of benzene rings is 2. The third-order valence-electron chi connectivity index (χ3n) is 7.51. The van der Waals surface area contributed by atoms with Crippen LogP contribution in [0.4, 0.5) is 0 Å². The van der Waals surface area contributed by atoms with Gasteiger partial charge in [-0.05, 0) is 30.9 Å². The molecule has 0 heterocycles. The molecule has 0 N–H and O–H groups in total. The molecule has 244 valence electrons. The van der Waals surface area contributed by atoms with Crippen LogP contribution in [0.25, 0.3) is 10.3 Å². The first kappa shape index (κ1) is 46.9. The van der Waals surface area contributed by atoms with Crippen molar-refractivity contribution >= 4 is 14.1 Å². The maximum absolute atomic E-state index is 11.1. The maximum atomic E-state index is 11.1. The SMILES string of the molecule is CC(C)(C)P(=[N-])(C(C)(C)C)C(C)(C)C.CC(C)(C)P(=[N-])(C(C)(C)C)C(C)(C)C.[CH2-]c1ccccc1.[CH2-]c1ccccc1.[Hf+4]. The normalized spacial score (nSPS) is 13.1. The van der Waals surface area contributed by atoms with Crippen LogP contribution in [0.1, 0.15) is 136 Å². The summed E-state index contributed by atoms with van der Waals surface area (Å²) in [5, 5.41) is 22.2. The minimum atomic E-state index is -2.02. The molecule has 0 aromatic heterocycles. The standard InChI is InChI=1S/2C12H27NP.2C7H7.Hf/c2*1-10(2,3)14(13,11(4,5)6)12(7,8)9;2*1-7-5-3-2-4-6-7;/h2*1-9H3;2*2-6H,1H2;/q4*-1;+4. The Morgan fingerprint density at radius 3 is 0.558 bits per heavy atom. The Kier molecular flexibility index (Phi) is 18.4. The monoisotopic (exact) mass is 794 g/mol. The van der Waals surface area contributed by atoms with Gasteiger partial charge in [-0.15, -0.1) is 24.3 Å². The summed E-state index contributed by atoms with van der Waals surface area (Å²) in [6.07, 6.45) is 0. The van der Waals surface area contributed by atoms with Crippen molar-refractivity contribution in [1.82, 2.24) is 0 Å². The van der Waals surface area contributed by atoms with E-state index < -0.39 is 14.1 Å². The van der Waals surface area contributed by atoms with Crippen LogP contribution in [0.3, 0.4) is 0 Å². The summed E-state index contributed by atoms with van der Waals surface area (Å²) in [5.74, 6) is 0. The van der Waals surface area contributed by atoms with Crippen LogP contribution < -0.4 is 0 Å². The van der Waals surface area contributed by atoms with Gasteiger partial charge >= 0.3 is 25.8 Å². The molecule has 0 amide bonds. The van der Waals surface area contributed by atoms with Gasteiger partial charge in [-0.3, -0.25) is 0 Å². The fourth-order valence-corrected chi connectivity index (χ4v) is 19.1. The van der Waals surface area contributed by atoms with Crippen molar-refractivity contribution in [1.29, 1.82) is 0 Å². The molecule has 0 saturated carbocycles. The van der Waals surface area contributed by atoms with Gasteiger partial charge in [-0.25, -0.2) is 14.1 Å². The second-order valence-electron chi connectivity index (χ2n) is 17.3. The zero-order chi connectivity index (χ0) is 34.2. The molecule has 0 bridgehead atoms. The Morgan fingerprint density at radius 1 is 0.372 bits per heavy atom. The van der Waals surface area contributed by atoms with Crippen LogP contribution in [0, 0.1) is 13.8 Å². The van der Waals surface area contributed by atoms with Gasteiger partial charge in [-0.2, -0.15) is 49.2 Å². The Hall–Kier alpha value is -0.490. The first-order valence-corrected chi connectivity index (χ1v) is 18.8. The largest absolute Gasteiger partial charge is 4.00 e. The molecule has 0 saturated heterocycles. The van der Waals surface area contributed by atoms with Gasteiger partial charge in [0.05, 0.1) is 0 Å². The van der Waals surface area contributed by atoms with Crippen molar-refractivity contribution in [2.45, 2.75) is 156 Å². The maximum Gasteiger partial charge on any atom is 4.00 e. The van der Waals surface area contributed by atoms with E-state index in [0.717, 1.165) is 11.1 Å². The van der Waals surface area contributed by atoms with Crippen LogP contribution in [0.5, 0.6) is 0 Å². The molecular weight excluding hydrogens is 725 g/mol.